The molecule has 0 aromatic rings. The molecule has 0 aliphatic rings. The van der Waals surface area contributed by atoms with Gasteiger partial charge in [-0.15, -0.1) is 0 Å². The number of thioether (sulfide) groups is 1. The summed E-state index contributed by atoms with van der Waals surface area (Å²) in [5.41, 5.74) is 0. The van der Waals surface area contributed by atoms with Crippen LogP contribution in [0.1, 0.15) is 81.1 Å². The molecule has 5 heteroatoms. The first-order valence-corrected chi connectivity index (χ1v) is 13.9. The number of unbranched alkanes of at least 4 members (excludes halogenated alkanes) is 2. The summed E-state index contributed by atoms with van der Waals surface area (Å²) < 4.78 is 0.802. The molecule has 0 heterocycles. The summed E-state index contributed by atoms with van der Waals surface area (Å²) >= 11 is 2.01. The Morgan fingerprint density at radius 2 is 0.952 bits per heavy atom. The average Bonchev–Trinajstić information content (AvgIpc) is 2.29. The van der Waals surface area contributed by atoms with Crippen LogP contribution in [0.2, 0.25) is 0 Å². The first-order valence-electron chi connectivity index (χ1n) is 7.90. The zero-order valence-corrected chi connectivity index (χ0v) is 19.4. The Kier molecular flexibility index (Phi) is 18.2. The fourth-order valence-corrected chi connectivity index (χ4v) is 9.70. The fourth-order valence-electron chi connectivity index (χ4n) is 1.43. The Hall–Kier alpha value is 1.75. The first-order chi connectivity index (χ1) is 9.62. The number of hydrogen-bond acceptors (Lipinski definition) is 5. The molecule has 0 saturated carbocycles. The van der Waals surface area contributed by atoms with Gasteiger partial charge >= 0.3 is 0 Å². The quantitative estimate of drug-likeness (QED) is 0.285. The van der Waals surface area contributed by atoms with Crippen molar-refractivity contribution in [2.45, 2.75) is 90.6 Å². The van der Waals surface area contributed by atoms with Crippen molar-refractivity contribution in [3.05, 3.63) is 0 Å². The molecule has 0 atom stereocenters. The van der Waals surface area contributed by atoms with E-state index >= 15 is 0 Å². The summed E-state index contributed by atoms with van der Waals surface area (Å²) in [5.74, 6) is 2.62. The molecule has 0 radical (unpaired) electrons. The van der Waals surface area contributed by atoms with Crippen LogP contribution in [0.15, 0.2) is 0 Å². The van der Waals surface area contributed by atoms with Crippen LogP contribution < -0.4 is 0 Å². The molecule has 0 N–H and O–H groups in total. The maximum Gasteiger partial charge on any atom is 0.00803 e. The van der Waals surface area contributed by atoms with E-state index in [9.17, 15) is 0 Å². The van der Waals surface area contributed by atoms with E-state index in [1.54, 1.807) is 0 Å². The van der Waals surface area contributed by atoms with Gasteiger partial charge in [-0.1, -0.05) is 89.8 Å². The number of hydrogen-bond donors (Lipinski definition) is 0. The smallest absolute Gasteiger partial charge is 0.00803 e. The minimum Gasteiger partial charge on any atom is -0.150 e. The monoisotopic (exact) mass is 388 g/mol. The standard InChI is InChI=1S/C8H18S4.C8H18S/c1-3-5-7-9-11-12-10-8-6-4-2;1-7(2,3)9-8(4,5)6/h3-8H2,1-2H3;1-6H3. The lowest BCUT2D eigenvalue weighted by Crippen LogP contribution is -2.19. The molecule has 0 saturated heterocycles. The highest BCUT2D eigenvalue weighted by atomic mass is 33.7. The predicted octanol–water partition coefficient (Wildman–Crippen LogP) is 8.58. The van der Waals surface area contributed by atoms with Crippen molar-refractivity contribution in [1.82, 2.24) is 0 Å². The molecule has 0 amide bonds. The van der Waals surface area contributed by atoms with Crippen molar-refractivity contribution in [1.29, 1.82) is 0 Å². The van der Waals surface area contributed by atoms with Gasteiger partial charge in [0, 0.05) is 21.0 Å². The van der Waals surface area contributed by atoms with Crippen LogP contribution in [0.5, 0.6) is 0 Å². The Morgan fingerprint density at radius 1 is 0.619 bits per heavy atom. The lowest BCUT2D eigenvalue weighted by atomic mass is 10.2. The van der Waals surface area contributed by atoms with Gasteiger partial charge in [-0.3, -0.25) is 0 Å². The van der Waals surface area contributed by atoms with Crippen LogP contribution >= 0.6 is 53.0 Å². The van der Waals surface area contributed by atoms with E-state index in [-0.39, 0.29) is 0 Å². The third-order valence-corrected chi connectivity index (χ3v) is 9.76. The van der Waals surface area contributed by atoms with Crippen molar-refractivity contribution in [2.24, 2.45) is 0 Å². The van der Waals surface area contributed by atoms with Crippen molar-refractivity contribution in [2.75, 3.05) is 11.5 Å². The molecule has 0 rings (SSSR count). The number of rotatable bonds is 9. The van der Waals surface area contributed by atoms with Crippen LogP contribution in [0, 0.1) is 0 Å². The topological polar surface area (TPSA) is 0 Å². The van der Waals surface area contributed by atoms with Gasteiger partial charge in [0.05, 0.1) is 0 Å². The maximum atomic E-state index is 2.25. The summed E-state index contributed by atoms with van der Waals surface area (Å²) in [6.45, 7) is 18.0. The molecule has 0 fully saturated rings. The van der Waals surface area contributed by atoms with E-state index in [0.717, 1.165) is 0 Å². The molecule has 0 bridgehead atoms. The SMILES string of the molecule is CC(C)(C)SC(C)(C)C.CCCCSSSSCCCC. The lowest BCUT2D eigenvalue weighted by Gasteiger charge is -2.28. The van der Waals surface area contributed by atoms with Crippen molar-refractivity contribution in [3.8, 4) is 0 Å². The minimum absolute atomic E-state index is 0.401. The summed E-state index contributed by atoms with van der Waals surface area (Å²) in [4.78, 5) is 0. The Bertz CT molecular complexity index is 184. The van der Waals surface area contributed by atoms with Crippen molar-refractivity contribution < 1.29 is 0 Å². The van der Waals surface area contributed by atoms with Crippen molar-refractivity contribution >= 4 is 53.0 Å². The Balaban J connectivity index is 0. The second-order valence-corrected chi connectivity index (χ2v) is 15.7. The third-order valence-electron chi connectivity index (χ3n) is 1.90. The molecule has 0 aliphatic heterocycles. The van der Waals surface area contributed by atoms with E-state index in [4.69, 9.17) is 0 Å². The second-order valence-electron chi connectivity index (χ2n) is 6.81. The molecule has 130 valence electrons. The van der Waals surface area contributed by atoms with Gasteiger partial charge in [-0.05, 0) is 32.5 Å². The summed E-state index contributed by atoms with van der Waals surface area (Å²) in [5, 5.41) is 0. The zero-order valence-electron chi connectivity index (χ0n) is 15.3. The van der Waals surface area contributed by atoms with Gasteiger partial charge in [-0.25, -0.2) is 0 Å². The highest BCUT2D eigenvalue weighted by Crippen LogP contribution is 2.43. The van der Waals surface area contributed by atoms with Gasteiger partial charge in [0.15, 0.2) is 0 Å². The molecule has 0 unspecified atom stereocenters. The summed E-state index contributed by atoms with van der Waals surface area (Å²) in [7, 11) is 7.87. The van der Waals surface area contributed by atoms with Crippen LogP contribution in [0.3, 0.4) is 0 Å². The zero-order chi connectivity index (χ0) is 16.8. The van der Waals surface area contributed by atoms with Crippen LogP contribution in [-0.2, 0) is 0 Å². The van der Waals surface area contributed by atoms with Gasteiger partial charge in [0.25, 0.3) is 0 Å². The van der Waals surface area contributed by atoms with Gasteiger partial charge in [0.2, 0.25) is 0 Å². The van der Waals surface area contributed by atoms with E-state index in [0.29, 0.717) is 9.49 Å². The predicted molar refractivity (Wildman–Crippen MR) is 117 cm³/mol. The highest BCUT2D eigenvalue weighted by molar-refractivity contribution is 9.26. The minimum atomic E-state index is 0.401. The molecular weight excluding hydrogens is 353 g/mol. The molecule has 21 heavy (non-hydrogen) atoms. The van der Waals surface area contributed by atoms with E-state index in [1.165, 1.54) is 37.2 Å². The van der Waals surface area contributed by atoms with Crippen LogP contribution in [0.25, 0.3) is 0 Å². The molecule has 0 aliphatic carbocycles. The van der Waals surface area contributed by atoms with E-state index in [2.05, 4.69) is 55.4 Å². The Labute approximate surface area is 154 Å². The first kappa shape index (κ1) is 25.0. The van der Waals surface area contributed by atoms with E-state index in [1.807, 2.05) is 53.0 Å². The van der Waals surface area contributed by atoms with Crippen LogP contribution in [0.4, 0.5) is 0 Å². The lowest BCUT2D eigenvalue weighted by molar-refractivity contribution is 0.740. The molecule has 0 aromatic carbocycles. The molecule has 0 spiro atoms. The van der Waals surface area contributed by atoms with Crippen LogP contribution in [-0.4, -0.2) is 21.0 Å². The van der Waals surface area contributed by atoms with Crippen molar-refractivity contribution in [3.63, 3.8) is 0 Å². The van der Waals surface area contributed by atoms with Gasteiger partial charge in [-0.2, -0.15) is 11.8 Å². The normalized spacial score (nSPS) is 12.0. The van der Waals surface area contributed by atoms with Gasteiger partial charge < -0.3 is 0 Å². The summed E-state index contributed by atoms with van der Waals surface area (Å²) in [6.07, 6.45) is 5.36. The fraction of sp³-hybridized carbons (Fsp3) is 1.00. The third kappa shape index (κ3) is 30.2. The Morgan fingerprint density at radius 3 is 1.14 bits per heavy atom. The maximum absolute atomic E-state index is 2.25. The second kappa shape index (κ2) is 15.3. The van der Waals surface area contributed by atoms with Gasteiger partial charge in [0.1, 0.15) is 0 Å². The molecule has 0 aromatic heterocycles. The molecule has 0 nitrogen and oxygen atoms in total. The summed E-state index contributed by atoms with van der Waals surface area (Å²) in [6, 6.07) is 0. The largest absolute Gasteiger partial charge is 0.150 e. The van der Waals surface area contributed by atoms with E-state index < -0.39 is 0 Å². The average molecular weight is 389 g/mol. The highest BCUT2D eigenvalue weighted by Gasteiger charge is 2.20. The molecular formula is C16H36S5.